The van der Waals surface area contributed by atoms with Gasteiger partial charge in [-0.15, -0.1) is 0 Å². The molecule has 0 spiro atoms. The molecule has 0 saturated heterocycles. The maximum Gasteiger partial charge on any atom is 0.0438 e. The average molecular weight is 294 g/mol. The SMILES string of the molecule is CCCNC(Cc1ccccc1Cl)C1CCCCCC1. The summed E-state index contributed by atoms with van der Waals surface area (Å²) in [5.41, 5.74) is 1.30. The van der Waals surface area contributed by atoms with E-state index in [0.29, 0.717) is 6.04 Å². The molecule has 1 N–H and O–H groups in total. The van der Waals surface area contributed by atoms with Crippen LogP contribution in [0, 0.1) is 5.92 Å². The van der Waals surface area contributed by atoms with Crippen LogP contribution in [0.3, 0.4) is 0 Å². The first-order valence-corrected chi connectivity index (χ1v) is 8.66. The first-order valence-electron chi connectivity index (χ1n) is 8.28. The molecule has 1 atom stereocenters. The Morgan fingerprint density at radius 2 is 1.85 bits per heavy atom. The predicted molar refractivity (Wildman–Crippen MR) is 88.4 cm³/mol. The Balaban J connectivity index is 2.04. The molecule has 1 aromatic rings. The van der Waals surface area contributed by atoms with E-state index in [9.17, 15) is 0 Å². The molecular formula is C18H28ClN. The normalized spacial score (nSPS) is 18.7. The zero-order chi connectivity index (χ0) is 14.2. The molecule has 1 aliphatic rings. The van der Waals surface area contributed by atoms with E-state index >= 15 is 0 Å². The maximum absolute atomic E-state index is 6.35. The Morgan fingerprint density at radius 3 is 2.50 bits per heavy atom. The lowest BCUT2D eigenvalue weighted by molar-refractivity contribution is 0.317. The second kappa shape index (κ2) is 8.69. The number of rotatable bonds is 6. The molecule has 1 saturated carbocycles. The largest absolute Gasteiger partial charge is 0.313 e. The summed E-state index contributed by atoms with van der Waals surface area (Å²) < 4.78 is 0. The van der Waals surface area contributed by atoms with E-state index in [2.05, 4.69) is 24.4 Å². The minimum atomic E-state index is 0.591. The van der Waals surface area contributed by atoms with Gasteiger partial charge in [0.05, 0.1) is 0 Å². The van der Waals surface area contributed by atoms with Crippen LogP contribution in [0.1, 0.15) is 57.4 Å². The molecule has 1 unspecified atom stereocenters. The van der Waals surface area contributed by atoms with E-state index in [0.717, 1.165) is 23.9 Å². The lowest BCUT2D eigenvalue weighted by Gasteiger charge is -2.28. The van der Waals surface area contributed by atoms with Gasteiger partial charge < -0.3 is 5.32 Å². The van der Waals surface area contributed by atoms with Crippen molar-refractivity contribution in [3.63, 3.8) is 0 Å². The van der Waals surface area contributed by atoms with Gasteiger partial charge >= 0.3 is 0 Å². The number of nitrogens with one attached hydrogen (secondary N) is 1. The van der Waals surface area contributed by atoms with Gasteiger partial charge in [-0.05, 0) is 49.8 Å². The van der Waals surface area contributed by atoms with Crippen molar-refractivity contribution in [3.05, 3.63) is 34.9 Å². The molecule has 0 radical (unpaired) electrons. The van der Waals surface area contributed by atoms with Crippen LogP contribution in [0.2, 0.25) is 5.02 Å². The monoisotopic (exact) mass is 293 g/mol. The zero-order valence-corrected chi connectivity index (χ0v) is 13.5. The third kappa shape index (κ3) is 4.79. The van der Waals surface area contributed by atoms with Crippen LogP contribution in [-0.2, 0) is 6.42 Å². The maximum atomic E-state index is 6.35. The summed E-state index contributed by atoms with van der Waals surface area (Å²) in [6.07, 6.45) is 10.7. The van der Waals surface area contributed by atoms with Gasteiger partial charge in [0.25, 0.3) is 0 Å². The van der Waals surface area contributed by atoms with Crippen molar-refractivity contribution in [3.8, 4) is 0 Å². The molecule has 1 fully saturated rings. The molecule has 0 aliphatic heterocycles. The summed E-state index contributed by atoms with van der Waals surface area (Å²) in [4.78, 5) is 0. The van der Waals surface area contributed by atoms with Gasteiger partial charge in [0.1, 0.15) is 0 Å². The minimum Gasteiger partial charge on any atom is -0.313 e. The molecule has 2 rings (SSSR count). The van der Waals surface area contributed by atoms with Crippen molar-refractivity contribution in [2.45, 2.75) is 64.3 Å². The lowest BCUT2D eigenvalue weighted by atomic mass is 9.87. The second-order valence-corrected chi connectivity index (χ2v) is 6.51. The topological polar surface area (TPSA) is 12.0 Å². The van der Waals surface area contributed by atoms with Crippen LogP contribution in [0.15, 0.2) is 24.3 Å². The number of hydrogen-bond donors (Lipinski definition) is 1. The van der Waals surface area contributed by atoms with Crippen LogP contribution in [0.5, 0.6) is 0 Å². The summed E-state index contributed by atoms with van der Waals surface area (Å²) in [6.45, 7) is 3.36. The average Bonchev–Trinajstić information content (AvgIpc) is 2.74. The number of hydrogen-bond acceptors (Lipinski definition) is 1. The summed E-state index contributed by atoms with van der Waals surface area (Å²) in [7, 11) is 0. The van der Waals surface area contributed by atoms with Crippen molar-refractivity contribution in [1.82, 2.24) is 5.32 Å². The third-order valence-corrected chi connectivity index (χ3v) is 4.89. The Kier molecular flexibility index (Phi) is 6.89. The Labute approximate surface area is 129 Å². The van der Waals surface area contributed by atoms with Gasteiger partial charge in [-0.2, -0.15) is 0 Å². The van der Waals surface area contributed by atoms with E-state index in [1.807, 2.05) is 12.1 Å². The molecule has 0 bridgehead atoms. The summed E-state index contributed by atoms with van der Waals surface area (Å²) in [5, 5.41) is 4.70. The molecule has 0 heterocycles. The van der Waals surface area contributed by atoms with Crippen LogP contribution in [0.25, 0.3) is 0 Å². The third-order valence-electron chi connectivity index (χ3n) is 4.52. The van der Waals surface area contributed by atoms with Gasteiger partial charge in [-0.1, -0.05) is 62.4 Å². The van der Waals surface area contributed by atoms with Gasteiger partial charge in [0, 0.05) is 11.1 Å². The van der Waals surface area contributed by atoms with Gasteiger partial charge in [0.15, 0.2) is 0 Å². The Morgan fingerprint density at radius 1 is 1.15 bits per heavy atom. The van der Waals surface area contributed by atoms with E-state index in [4.69, 9.17) is 11.6 Å². The Bertz CT molecular complexity index is 383. The van der Waals surface area contributed by atoms with Crippen molar-refractivity contribution in [1.29, 1.82) is 0 Å². The molecule has 0 amide bonds. The van der Waals surface area contributed by atoms with Crippen molar-refractivity contribution in [2.75, 3.05) is 6.54 Å². The minimum absolute atomic E-state index is 0.591. The van der Waals surface area contributed by atoms with E-state index in [-0.39, 0.29) is 0 Å². The fourth-order valence-electron chi connectivity index (χ4n) is 3.35. The highest BCUT2D eigenvalue weighted by molar-refractivity contribution is 6.31. The molecule has 0 aromatic heterocycles. The van der Waals surface area contributed by atoms with Crippen LogP contribution in [-0.4, -0.2) is 12.6 Å². The van der Waals surface area contributed by atoms with Gasteiger partial charge in [0.2, 0.25) is 0 Å². The van der Waals surface area contributed by atoms with Crippen molar-refractivity contribution >= 4 is 11.6 Å². The molecule has 112 valence electrons. The molecule has 1 aliphatic carbocycles. The fourth-order valence-corrected chi connectivity index (χ4v) is 3.56. The predicted octanol–water partition coefficient (Wildman–Crippen LogP) is 5.22. The summed E-state index contributed by atoms with van der Waals surface area (Å²) >= 11 is 6.35. The van der Waals surface area contributed by atoms with Crippen LogP contribution >= 0.6 is 11.6 Å². The van der Waals surface area contributed by atoms with Crippen LogP contribution < -0.4 is 5.32 Å². The van der Waals surface area contributed by atoms with E-state index in [1.54, 1.807) is 0 Å². The summed E-state index contributed by atoms with van der Waals surface area (Å²) in [6, 6.07) is 8.91. The van der Waals surface area contributed by atoms with Gasteiger partial charge in [-0.25, -0.2) is 0 Å². The van der Waals surface area contributed by atoms with Crippen molar-refractivity contribution in [2.24, 2.45) is 5.92 Å². The quantitative estimate of drug-likeness (QED) is 0.709. The second-order valence-electron chi connectivity index (χ2n) is 6.11. The van der Waals surface area contributed by atoms with Gasteiger partial charge in [-0.3, -0.25) is 0 Å². The number of halogens is 1. The first kappa shape index (κ1) is 15.9. The van der Waals surface area contributed by atoms with Crippen molar-refractivity contribution < 1.29 is 0 Å². The molecule has 1 aromatic carbocycles. The highest BCUT2D eigenvalue weighted by Gasteiger charge is 2.23. The Hall–Kier alpha value is -0.530. The summed E-state index contributed by atoms with van der Waals surface area (Å²) in [5.74, 6) is 0.820. The molecular weight excluding hydrogens is 266 g/mol. The molecule has 2 heteroatoms. The standard InChI is InChI=1S/C18H28ClN/c1-2-13-20-18(15-9-5-3-4-6-10-15)14-16-11-7-8-12-17(16)19/h7-8,11-12,15,18,20H,2-6,9-10,13-14H2,1H3. The van der Waals surface area contributed by atoms with E-state index < -0.39 is 0 Å². The lowest BCUT2D eigenvalue weighted by Crippen LogP contribution is -2.38. The zero-order valence-electron chi connectivity index (χ0n) is 12.7. The smallest absolute Gasteiger partial charge is 0.0438 e. The molecule has 20 heavy (non-hydrogen) atoms. The highest BCUT2D eigenvalue weighted by Crippen LogP contribution is 2.28. The fraction of sp³-hybridized carbons (Fsp3) is 0.667. The molecule has 1 nitrogen and oxygen atoms in total. The van der Waals surface area contributed by atoms with E-state index in [1.165, 1.54) is 50.5 Å². The van der Waals surface area contributed by atoms with Crippen LogP contribution in [0.4, 0.5) is 0 Å². The highest BCUT2D eigenvalue weighted by atomic mass is 35.5. The number of benzene rings is 1. The first-order chi connectivity index (χ1) is 9.81.